The first-order valence-corrected chi connectivity index (χ1v) is 10.0. The molecule has 0 radical (unpaired) electrons. The molecule has 5 nitrogen and oxygen atoms in total. The SMILES string of the molecule is O=C(NCc1ccccc1F)c1cnc2sc3c(n2c1=O)CCCCCC3. The third-order valence-corrected chi connectivity index (χ3v) is 6.10. The molecule has 0 aliphatic heterocycles. The maximum absolute atomic E-state index is 13.7. The van der Waals surface area contributed by atoms with Crippen molar-refractivity contribution >= 4 is 22.2 Å². The van der Waals surface area contributed by atoms with Crippen LogP contribution in [0.2, 0.25) is 0 Å². The molecule has 2 aromatic heterocycles. The van der Waals surface area contributed by atoms with Crippen LogP contribution < -0.4 is 10.9 Å². The van der Waals surface area contributed by atoms with E-state index in [1.165, 1.54) is 34.9 Å². The van der Waals surface area contributed by atoms with Crippen LogP contribution in [0.5, 0.6) is 0 Å². The van der Waals surface area contributed by atoms with Gasteiger partial charge in [0.2, 0.25) is 0 Å². The van der Waals surface area contributed by atoms with Crippen molar-refractivity contribution in [2.24, 2.45) is 0 Å². The van der Waals surface area contributed by atoms with Crippen molar-refractivity contribution in [1.82, 2.24) is 14.7 Å². The number of rotatable bonds is 3. The molecule has 4 rings (SSSR count). The predicted molar refractivity (Wildman–Crippen MR) is 103 cm³/mol. The Bertz CT molecular complexity index is 1060. The number of nitrogens with zero attached hydrogens (tertiary/aromatic N) is 2. The Morgan fingerprint density at radius 1 is 1.19 bits per heavy atom. The van der Waals surface area contributed by atoms with Crippen LogP contribution in [0, 0.1) is 5.82 Å². The molecule has 0 saturated carbocycles. The molecule has 1 amide bonds. The lowest BCUT2D eigenvalue weighted by atomic mass is 10.0. The van der Waals surface area contributed by atoms with Crippen LogP contribution in [-0.2, 0) is 19.4 Å². The summed E-state index contributed by atoms with van der Waals surface area (Å²) in [6, 6.07) is 6.24. The molecular weight excluding hydrogens is 365 g/mol. The number of halogens is 1. The van der Waals surface area contributed by atoms with Crippen molar-refractivity contribution < 1.29 is 9.18 Å². The second-order valence-corrected chi connectivity index (χ2v) is 7.82. The fraction of sp³-hybridized carbons (Fsp3) is 0.350. The molecule has 1 N–H and O–H groups in total. The van der Waals surface area contributed by atoms with Crippen molar-refractivity contribution in [1.29, 1.82) is 0 Å². The highest BCUT2D eigenvalue weighted by Crippen LogP contribution is 2.27. The van der Waals surface area contributed by atoms with Crippen LogP contribution in [-0.4, -0.2) is 15.3 Å². The minimum atomic E-state index is -0.532. The number of fused-ring (bicyclic) bond motifs is 3. The Balaban J connectivity index is 1.65. The van der Waals surface area contributed by atoms with Crippen molar-refractivity contribution in [3.8, 4) is 0 Å². The average Bonchev–Trinajstić information content (AvgIpc) is 2.98. The van der Waals surface area contributed by atoms with Crippen molar-refractivity contribution in [2.45, 2.75) is 45.1 Å². The second-order valence-electron chi connectivity index (χ2n) is 6.76. The zero-order valence-electron chi connectivity index (χ0n) is 14.8. The lowest BCUT2D eigenvalue weighted by Gasteiger charge is -2.10. The summed E-state index contributed by atoms with van der Waals surface area (Å²) in [5, 5.41) is 2.63. The van der Waals surface area contributed by atoms with E-state index in [0.29, 0.717) is 10.5 Å². The molecule has 140 valence electrons. The lowest BCUT2D eigenvalue weighted by molar-refractivity contribution is 0.0948. The minimum absolute atomic E-state index is 0.00787. The number of aromatic nitrogens is 2. The first kappa shape index (κ1) is 17.9. The molecule has 0 fully saturated rings. The van der Waals surface area contributed by atoms with E-state index in [0.717, 1.165) is 37.8 Å². The Kier molecular flexibility index (Phi) is 5.03. The van der Waals surface area contributed by atoms with Gasteiger partial charge in [-0.2, -0.15) is 0 Å². The first-order valence-electron chi connectivity index (χ1n) is 9.19. The average molecular weight is 385 g/mol. The van der Waals surface area contributed by atoms with Gasteiger partial charge in [0.25, 0.3) is 11.5 Å². The van der Waals surface area contributed by atoms with E-state index < -0.39 is 5.91 Å². The largest absolute Gasteiger partial charge is 0.348 e. The van der Waals surface area contributed by atoms with E-state index in [-0.39, 0.29) is 23.5 Å². The van der Waals surface area contributed by atoms with Crippen LogP contribution >= 0.6 is 11.3 Å². The van der Waals surface area contributed by atoms with Gasteiger partial charge in [0.05, 0.1) is 0 Å². The topological polar surface area (TPSA) is 63.5 Å². The fourth-order valence-electron chi connectivity index (χ4n) is 3.49. The van der Waals surface area contributed by atoms with E-state index in [4.69, 9.17) is 0 Å². The van der Waals surface area contributed by atoms with Crippen molar-refractivity contribution in [2.75, 3.05) is 0 Å². The van der Waals surface area contributed by atoms with Gasteiger partial charge < -0.3 is 5.32 Å². The summed E-state index contributed by atoms with van der Waals surface area (Å²) in [4.78, 5) is 31.7. The minimum Gasteiger partial charge on any atom is -0.348 e. The van der Waals surface area contributed by atoms with Crippen LogP contribution in [0.3, 0.4) is 0 Å². The Morgan fingerprint density at radius 2 is 1.96 bits per heavy atom. The smallest absolute Gasteiger partial charge is 0.271 e. The maximum Gasteiger partial charge on any atom is 0.271 e. The van der Waals surface area contributed by atoms with Gasteiger partial charge in [0, 0.05) is 28.9 Å². The van der Waals surface area contributed by atoms with E-state index >= 15 is 0 Å². The highest BCUT2D eigenvalue weighted by molar-refractivity contribution is 7.17. The fourth-order valence-corrected chi connectivity index (χ4v) is 4.66. The summed E-state index contributed by atoms with van der Waals surface area (Å²) in [6.07, 6.45) is 7.63. The highest BCUT2D eigenvalue weighted by atomic mass is 32.1. The molecule has 27 heavy (non-hydrogen) atoms. The molecule has 1 aliphatic carbocycles. The van der Waals surface area contributed by atoms with Crippen LogP contribution in [0.15, 0.2) is 35.3 Å². The maximum atomic E-state index is 13.7. The van der Waals surface area contributed by atoms with Gasteiger partial charge in [0.1, 0.15) is 11.4 Å². The van der Waals surface area contributed by atoms with Gasteiger partial charge in [-0.15, -0.1) is 11.3 Å². The van der Waals surface area contributed by atoms with Gasteiger partial charge in [-0.05, 0) is 31.7 Å². The zero-order valence-corrected chi connectivity index (χ0v) is 15.7. The van der Waals surface area contributed by atoms with Crippen molar-refractivity contribution in [3.63, 3.8) is 0 Å². The molecule has 0 atom stereocenters. The summed E-state index contributed by atoms with van der Waals surface area (Å²) in [5.41, 5.74) is 1.02. The zero-order chi connectivity index (χ0) is 18.8. The number of benzene rings is 1. The normalized spacial score (nSPS) is 14.4. The molecule has 2 heterocycles. The summed E-state index contributed by atoms with van der Waals surface area (Å²) in [6.45, 7) is 0.0232. The summed E-state index contributed by atoms with van der Waals surface area (Å²) < 4.78 is 15.3. The third kappa shape index (κ3) is 3.51. The van der Waals surface area contributed by atoms with Gasteiger partial charge in [-0.1, -0.05) is 31.0 Å². The van der Waals surface area contributed by atoms with Gasteiger partial charge in [0.15, 0.2) is 4.96 Å². The molecule has 7 heteroatoms. The van der Waals surface area contributed by atoms with Crippen LogP contribution in [0.25, 0.3) is 4.96 Å². The lowest BCUT2D eigenvalue weighted by Crippen LogP contribution is -2.31. The van der Waals surface area contributed by atoms with Crippen molar-refractivity contribution in [3.05, 3.63) is 68.3 Å². The molecule has 0 unspecified atom stereocenters. The Labute approximate surface area is 159 Å². The highest BCUT2D eigenvalue weighted by Gasteiger charge is 2.20. The summed E-state index contributed by atoms with van der Waals surface area (Å²) in [7, 11) is 0. The quantitative estimate of drug-likeness (QED) is 0.751. The van der Waals surface area contributed by atoms with Gasteiger partial charge in [-0.3, -0.25) is 14.0 Å². The molecule has 3 aromatic rings. The van der Waals surface area contributed by atoms with E-state index in [9.17, 15) is 14.0 Å². The molecule has 0 bridgehead atoms. The molecule has 1 aromatic carbocycles. The number of aryl methyl sites for hydroxylation is 2. The van der Waals surface area contributed by atoms with E-state index in [1.807, 2.05) is 0 Å². The molecule has 0 saturated heterocycles. The number of amides is 1. The first-order chi connectivity index (χ1) is 13.1. The summed E-state index contributed by atoms with van der Waals surface area (Å²) in [5.74, 6) is -0.918. The van der Waals surface area contributed by atoms with Gasteiger partial charge in [-0.25, -0.2) is 9.37 Å². The number of carbonyl (C=O) groups is 1. The predicted octanol–water partition coefficient (Wildman–Crippen LogP) is 3.48. The number of thiazole rings is 1. The molecule has 1 aliphatic rings. The standard InChI is InChI=1S/C20H20FN3O2S/c21-15-8-6-5-7-13(15)11-22-18(25)14-12-23-20-24(19(14)26)16-9-3-1-2-4-10-17(16)27-20/h5-8,12H,1-4,9-11H2,(H,22,25). The van der Waals surface area contributed by atoms with Gasteiger partial charge >= 0.3 is 0 Å². The number of carbonyl (C=O) groups excluding carboxylic acids is 1. The number of nitrogens with one attached hydrogen (secondary N) is 1. The Morgan fingerprint density at radius 3 is 2.78 bits per heavy atom. The summed E-state index contributed by atoms with van der Waals surface area (Å²) >= 11 is 1.54. The Hall–Kier alpha value is -2.54. The number of hydrogen-bond acceptors (Lipinski definition) is 4. The molecular formula is C20H20FN3O2S. The number of hydrogen-bond donors (Lipinski definition) is 1. The third-order valence-electron chi connectivity index (χ3n) is 4.94. The monoisotopic (exact) mass is 385 g/mol. The van der Waals surface area contributed by atoms with E-state index in [2.05, 4.69) is 10.3 Å². The van der Waals surface area contributed by atoms with Crippen LogP contribution in [0.1, 0.15) is 52.2 Å². The van der Waals surface area contributed by atoms with E-state index in [1.54, 1.807) is 22.6 Å². The molecule has 0 spiro atoms. The van der Waals surface area contributed by atoms with Crippen LogP contribution in [0.4, 0.5) is 4.39 Å². The second kappa shape index (κ2) is 7.60.